The molecule has 0 saturated heterocycles. The van der Waals surface area contributed by atoms with Crippen molar-refractivity contribution in [3.8, 4) is 0 Å². The molecule has 1 aliphatic rings. The third-order valence-electron chi connectivity index (χ3n) is 5.65. The lowest BCUT2D eigenvalue weighted by molar-refractivity contribution is 0.607. The fourth-order valence-electron chi connectivity index (χ4n) is 4.40. The lowest BCUT2D eigenvalue weighted by atomic mass is 9.85. The molecule has 1 N–H and O–H groups in total. The second kappa shape index (κ2) is 8.11. The molecule has 0 saturated carbocycles. The van der Waals surface area contributed by atoms with Gasteiger partial charge in [0, 0.05) is 5.69 Å². The summed E-state index contributed by atoms with van der Waals surface area (Å²) in [6.07, 6.45) is 4.06. The summed E-state index contributed by atoms with van der Waals surface area (Å²) < 4.78 is 26.1. The quantitative estimate of drug-likeness (QED) is 0.580. The van der Waals surface area contributed by atoms with Crippen LogP contribution in [0.3, 0.4) is 0 Å². The molecule has 4 rings (SSSR count). The van der Waals surface area contributed by atoms with Crippen LogP contribution >= 0.6 is 0 Å². The van der Waals surface area contributed by atoms with E-state index in [9.17, 15) is 8.42 Å². The van der Waals surface area contributed by atoms with E-state index in [4.69, 9.17) is 0 Å². The highest BCUT2D eigenvalue weighted by Crippen LogP contribution is 2.40. The van der Waals surface area contributed by atoms with E-state index in [1.54, 1.807) is 6.07 Å². The molecule has 0 heterocycles. The average Bonchev–Trinajstić information content (AvgIpc) is 2.85. The first-order valence-electron chi connectivity index (χ1n) is 10.4. The predicted octanol–water partition coefficient (Wildman–Crippen LogP) is 5.83. The molecule has 3 aromatic carbocycles. The first kappa shape index (κ1) is 20.4. The fourth-order valence-corrected chi connectivity index (χ4v) is 4.96. The monoisotopic (exact) mass is 417 g/mol. The fraction of sp³-hybridized carbons (Fsp3) is 0.231. The highest BCUT2D eigenvalue weighted by Gasteiger charge is 2.21. The minimum Gasteiger partial charge on any atom is -0.284 e. The van der Waals surface area contributed by atoms with Crippen LogP contribution in [0.15, 0.2) is 66.7 Å². The molecule has 0 spiro atoms. The molecular formula is C26H27NO2S. The molecule has 0 aromatic heterocycles. The van der Waals surface area contributed by atoms with E-state index in [2.05, 4.69) is 67.1 Å². The van der Waals surface area contributed by atoms with Gasteiger partial charge in [-0.25, -0.2) is 8.42 Å². The summed E-state index contributed by atoms with van der Waals surface area (Å²) in [7, 11) is -3.33. The molecule has 0 radical (unpaired) electrons. The number of hydrogen-bond donors (Lipinski definition) is 1. The van der Waals surface area contributed by atoms with Crippen LogP contribution in [0.25, 0.3) is 11.1 Å². The largest absolute Gasteiger partial charge is 0.284 e. The van der Waals surface area contributed by atoms with Gasteiger partial charge in [0.25, 0.3) is 0 Å². The molecule has 1 aliphatic carbocycles. The number of allylic oxidation sites excluding steroid dienone is 1. The Morgan fingerprint density at radius 3 is 2.40 bits per heavy atom. The summed E-state index contributed by atoms with van der Waals surface area (Å²) in [6.45, 7) is 4.31. The van der Waals surface area contributed by atoms with Crippen LogP contribution in [-0.2, 0) is 22.9 Å². The number of benzene rings is 3. The number of hydrogen-bond acceptors (Lipinski definition) is 2. The molecule has 3 nitrogen and oxygen atoms in total. The summed E-state index contributed by atoms with van der Waals surface area (Å²) in [5, 5.41) is 0. The van der Waals surface area contributed by atoms with Gasteiger partial charge >= 0.3 is 0 Å². The van der Waals surface area contributed by atoms with Crippen LogP contribution < -0.4 is 4.72 Å². The SMILES string of the molecule is CC/C(=C1\c2ccccc2CCc2cc(C)ccc21)c1cccc(NS(C)(=O)=O)c1. The Kier molecular flexibility index (Phi) is 5.52. The molecule has 4 heteroatoms. The standard InChI is InChI=1S/C26H27NO2S/c1-4-23(20-9-7-10-22(17-20)27-30(3,28)29)26-24-11-6-5-8-19(24)13-14-21-16-18(2)12-15-25(21)26/h5-12,15-17,27H,4,13-14H2,1-3H3/b26-23-. The summed E-state index contributed by atoms with van der Waals surface area (Å²) in [5.41, 5.74) is 10.7. The highest BCUT2D eigenvalue weighted by molar-refractivity contribution is 7.92. The average molecular weight is 418 g/mol. The zero-order valence-corrected chi connectivity index (χ0v) is 18.5. The van der Waals surface area contributed by atoms with E-state index in [0.29, 0.717) is 5.69 Å². The lowest BCUT2D eigenvalue weighted by Crippen LogP contribution is -2.09. The van der Waals surface area contributed by atoms with Crippen molar-refractivity contribution in [3.05, 3.63) is 100 Å². The Hall–Kier alpha value is -2.85. The van der Waals surface area contributed by atoms with Gasteiger partial charge in [0.2, 0.25) is 10.0 Å². The van der Waals surface area contributed by atoms with Gasteiger partial charge in [-0.05, 0) is 77.3 Å². The minimum absolute atomic E-state index is 0.590. The van der Waals surface area contributed by atoms with Gasteiger partial charge in [-0.3, -0.25) is 4.72 Å². The van der Waals surface area contributed by atoms with Crippen molar-refractivity contribution >= 4 is 26.9 Å². The number of nitrogens with one attached hydrogen (secondary N) is 1. The Labute approximate surface area is 179 Å². The summed E-state index contributed by atoms with van der Waals surface area (Å²) in [4.78, 5) is 0. The number of aryl methyl sites for hydroxylation is 3. The van der Waals surface area contributed by atoms with Crippen LogP contribution in [0, 0.1) is 6.92 Å². The van der Waals surface area contributed by atoms with Gasteiger partial charge in [0.1, 0.15) is 0 Å². The first-order chi connectivity index (χ1) is 14.4. The van der Waals surface area contributed by atoms with E-state index >= 15 is 0 Å². The normalized spacial score (nSPS) is 15.0. The maximum Gasteiger partial charge on any atom is 0.229 e. The molecule has 0 fully saturated rings. The molecule has 3 aromatic rings. The highest BCUT2D eigenvalue weighted by atomic mass is 32.2. The summed E-state index contributed by atoms with van der Waals surface area (Å²) in [6, 6.07) is 23.1. The van der Waals surface area contributed by atoms with Crippen LogP contribution in [0.2, 0.25) is 0 Å². The molecular weight excluding hydrogens is 390 g/mol. The lowest BCUT2D eigenvalue weighted by Gasteiger charge is -2.19. The third kappa shape index (κ3) is 4.19. The molecule has 0 unspecified atom stereocenters. The van der Waals surface area contributed by atoms with Crippen LogP contribution in [0.5, 0.6) is 0 Å². The van der Waals surface area contributed by atoms with Crippen molar-refractivity contribution < 1.29 is 8.42 Å². The van der Waals surface area contributed by atoms with Crippen molar-refractivity contribution in [1.82, 2.24) is 0 Å². The Morgan fingerprint density at radius 1 is 0.900 bits per heavy atom. The predicted molar refractivity (Wildman–Crippen MR) is 126 cm³/mol. The molecule has 30 heavy (non-hydrogen) atoms. The number of rotatable bonds is 4. The zero-order valence-electron chi connectivity index (χ0n) is 17.7. The second-order valence-corrected chi connectivity index (χ2v) is 9.73. The van der Waals surface area contributed by atoms with E-state index in [0.717, 1.165) is 24.8 Å². The third-order valence-corrected chi connectivity index (χ3v) is 6.26. The van der Waals surface area contributed by atoms with Gasteiger partial charge in [-0.1, -0.05) is 67.1 Å². The molecule has 0 atom stereocenters. The summed E-state index contributed by atoms with van der Waals surface area (Å²) >= 11 is 0. The number of sulfonamides is 1. The van der Waals surface area contributed by atoms with Crippen molar-refractivity contribution in [3.63, 3.8) is 0 Å². The van der Waals surface area contributed by atoms with Gasteiger partial charge in [-0.2, -0.15) is 0 Å². The Bertz CT molecular complexity index is 1240. The van der Waals surface area contributed by atoms with E-state index in [-0.39, 0.29) is 0 Å². The smallest absolute Gasteiger partial charge is 0.229 e. The van der Waals surface area contributed by atoms with E-state index < -0.39 is 10.0 Å². The maximum absolute atomic E-state index is 11.7. The van der Waals surface area contributed by atoms with Gasteiger partial charge < -0.3 is 0 Å². The zero-order chi connectivity index (χ0) is 21.3. The summed E-state index contributed by atoms with van der Waals surface area (Å²) in [5.74, 6) is 0. The van der Waals surface area contributed by atoms with Crippen LogP contribution in [-0.4, -0.2) is 14.7 Å². The number of anilines is 1. The number of fused-ring (bicyclic) bond motifs is 2. The van der Waals surface area contributed by atoms with Crippen LogP contribution in [0.1, 0.15) is 46.7 Å². The Balaban J connectivity index is 1.99. The minimum atomic E-state index is -3.33. The van der Waals surface area contributed by atoms with Crippen molar-refractivity contribution in [1.29, 1.82) is 0 Å². The van der Waals surface area contributed by atoms with E-state index in [1.807, 2.05) is 12.1 Å². The Morgan fingerprint density at radius 2 is 1.63 bits per heavy atom. The topological polar surface area (TPSA) is 46.2 Å². The van der Waals surface area contributed by atoms with Gasteiger partial charge in [-0.15, -0.1) is 0 Å². The molecule has 0 bridgehead atoms. The van der Waals surface area contributed by atoms with Crippen molar-refractivity contribution in [2.45, 2.75) is 33.1 Å². The van der Waals surface area contributed by atoms with Crippen molar-refractivity contribution in [2.24, 2.45) is 0 Å². The second-order valence-electron chi connectivity index (χ2n) is 7.98. The molecule has 154 valence electrons. The van der Waals surface area contributed by atoms with Gasteiger partial charge in [0.05, 0.1) is 6.26 Å². The molecule has 0 aliphatic heterocycles. The molecule has 0 amide bonds. The maximum atomic E-state index is 11.7. The van der Waals surface area contributed by atoms with Crippen molar-refractivity contribution in [2.75, 3.05) is 11.0 Å². The first-order valence-corrected chi connectivity index (χ1v) is 12.2. The van der Waals surface area contributed by atoms with Gasteiger partial charge in [0.15, 0.2) is 0 Å². The van der Waals surface area contributed by atoms with E-state index in [1.165, 1.54) is 45.2 Å². The van der Waals surface area contributed by atoms with Crippen LogP contribution in [0.4, 0.5) is 5.69 Å².